The minimum absolute atomic E-state index is 0.117. The Morgan fingerprint density at radius 3 is 2.71 bits per heavy atom. The van der Waals surface area contributed by atoms with Gasteiger partial charge in [0.25, 0.3) is 10.0 Å². The molecule has 1 heterocycles. The lowest BCUT2D eigenvalue weighted by atomic mass is 10.2. The van der Waals surface area contributed by atoms with Gasteiger partial charge in [-0.25, -0.2) is 9.63 Å². The average molecular weight is 311 g/mol. The maximum Gasteiger partial charge on any atom is 0.407 e. The topological polar surface area (TPSA) is 99.1 Å². The molecule has 0 aromatic heterocycles. The number of sulfonamides is 1. The Hall–Kier alpha value is -2.09. The molecule has 1 aliphatic heterocycles. The first kappa shape index (κ1) is 15.3. The van der Waals surface area contributed by atoms with Crippen molar-refractivity contribution in [2.24, 2.45) is 5.10 Å². The predicted octanol–water partition coefficient (Wildman–Crippen LogP) is 1.40. The highest BCUT2D eigenvalue weighted by molar-refractivity contribution is 7.89. The van der Waals surface area contributed by atoms with Crippen LogP contribution in [0.25, 0.3) is 0 Å². The molecule has 7 nitrogen and oxygen atoms in total. The zero-order valence-electron chi connectivity index (χ0n) is 11.6. The number of hydrazone groups is 1. The van der Waals surface area contributed by atoms with Gasteiger partial charge in [0.1, 0.15) is 0 Å². The Balaban J connectivity index is 2.03. The van der Waals surface area contributed by atoms with Crippen LogP contribution in [0.15, 0.2) is 34.3 Å². The van der Waals surface area contributed by atoms with Gasteiger partial charge in [0.05, 0.1) is 10.9 Å². The molecule has 1 fully saturated rings. The van der Waals surface area contributed by atoms with Crippen LogP contribution in [0.3, 0.4) is 0 Å². The van der Waals surface area contributed by atoms with Crippen molar-refractivity contribution in [2.45, 2.75) is 30.7 Å². The van der Waals surface area contributed by atoms with E-state index in [4.69, 9.17) is 5.11 Å². The molecule has 0 unspecified atom stereocenters. The summed E-state index contributed by atoms with van der Waals surface area (Å²) >= 11 is 0. The molecule has 1 aromatic carbocycles. The van der Waals surface area contributed by atoms with Crippen LogP contribution in [0.4, 0.5) is 4.79 Å². The summed E-state index contributed by atoms with van der Waals surface area (Å²) in [7, 11) is -3.72. The molecule has 1 atom stereocenters. The van der Waals surface area contributed by atoms with Crippen LogP contribution in [0.2, 0.25) is 0 Å². The van der Waals surface area contributed by atoms with Crippen molar-refractivity contribution in [2.75, 3.05) is 6.54 Å². The van der Waals surface area contributed by atoms with Gasteiger partial charge >= 0.3 is 6.09 Å². The summed E-state index contributed by atoms with van der Waals surface area (Å²) in [6, 6.07) is 5.99. The maximum atomic E-state index is 12.0. The van der Waals surface area contributed by atoms with Crippen molar-refractivity contribution in [1.29, 1.82) is 0 Å². The van der Waals surface area contributed by atoms with Crippen LogP contribution in [0, 0.1) is 6.92 Å². The maximum absolute atomic E-state index is 12.0. The first-order chi connectivity index (χ1) is 9.90. The molecule has 1 aromatic rings. The van der Waals surface area contributed by atoms with Gasteiger partial charge in [0, 0.05) is 12.8 Å². The van der Waals surface area contributed by atoms with Gasteiger partial charge in [0.15, 0.2) is 0 Å². The first-order valence-electron chi connectivity index (χ1n) is 6.51. The van der Waals surface area contributed by atoms with Gasteiger partial charge < -0.3 is 10.0 Å². The molecule has 0 radical (unpaired) electrons. The number of carboxylic acid groups (broad SMARTS) is 1. The number of hydrogen-bond acceptors (Lipinski definition) is 4. The highest BCUT2D eigenvalue weighted by atomic mass is 32.2. The molecule has 0 spiro atoms. The summed E-state index contributed by atoms with van der Waals surface area (Å²) in [5.41, 5.74) is 0.959. The second-order valence-corrected chi connectivity index (χ2v) is 6.53. The third-order valence-electron chi connectivity index (χ3n) is 3.30. The van der Waals surface area contributed by atoms with Gasteiger partial charge in [-0.05, 0) is 31.9 Å². The highest BCUT2D eigenvalue weighted by Gasteiger charge is 2.27. The fraction of sp³-hybridized carbons (Fsp3) is 0.385. The van der Waals surface area contributed by atoms with Crippen LogP contribution in [0.1, 0.15) is 18.4 Å². The summed E-state index contributed by atoms with van der Waals surface area (Å²) in [5, 5.41) is 12.7. The fourth-order valence-corrected chi connectivity index (χ4v) is 2.94. The zero-order chi connectivity index (χ0) is 15.5. The lowest BCUT2D eigenvalue weighted by Crippen LogP contribution is -2.35. The molecular weight excluding hydrogens is 294 g/mol. The van der Waals surface area contributed by atoms with Crippen molar-refractivity contribution < 1.29 is 18.3 Å². The molecule has 2 rings (SSSR count). The minimum Gasteiger partial charge on any atom is -0.465 e. The Morgan fingerprint density at radius 1 is 1.43 bits per heavy atom. The van der Waals surface area contributed by atoms with E-state index in [-0.39, 0.29) is 10.9 Å². The van der Waals surface area contributed by atoms with Gasteiger partial charge in [-0.3, -0.25) is 0 Å². The van der Waals surface area contributed by atoms with Crippen molar-refractivity contribution in [3.63, 3.8) is 0 Å². The van der Waals surface area contributed by atoms with E-state index in [9.17, 15) is 13.2 Å². The summed E-state index contributed by atoms with van der Waals surface area (Å²) in [6.07, 6.45) is 1.69. The third-order valence-corrected chi connectivity index (χ3v) is 4.53. The van der Waals surface area contributed by atoms with Gasteiger partial charge in [0.2, 0.25) is 0 Å². The van der Waals surface area contributed by atoms with Crippen LogP contribution in [-0.4, -0.2) is 43.3 Å². The molecular formula is C13H17N3O4S. The quantitative estimate of drug-likeness (QED) is 0.648. The minimum atomic E-state index is -3.72. The number of benzene rings is 1. The summed E-state index contributed by atoms with van der Waals surface area (Å²) in [4.78, 5) is 14.4. The summed E-state index contributed by atoms with van der Waals surface area (Å²) in [6.45, 7) is 2.30. The molecule has 21 heavy (non-hydrogen) atoms. The molecule has 1 amide bonds. The average Bonchev–Trinajstić information content (AvgIpc) is 2.87. The lowest BCUT2D eigenvalue weighted by molar-refractivity contribution is 0.150. The predicted molar refractivity (Wildman–Crippen MR) is 77.7 cm³/mol. The van der Waals surface area contributed by atoms with Crippen LogP contribution >= 0.6 is 0 Å². The highest BCUT2D eigenvalue weighted by Crippen LogP contribution is 2.15. The number of nitrogens with zero attached hydrogens (tertiary/aromatic N) is 2. The van der Waals surface area contributed by atoms with E-state index in [1.807, 2.05) is 6.92 Å². The number of aryl methyl sites for hydroxylation is 1. The number of likely N-dealkylation sites (tertiary alicyclic amines) is 1. The number of nitrogens with one attached hydrogen (secondary N) is 1. The van der Waals surface area contributed by atoms with E-state index >= 15 is 0 Å². The van der Waals surface area contributed by atoms with E-state index in [0.717, 1.165) is 12.0 Å². The number of rotatable bonds is 4. The van der Waals surface area contributed by atoms with Gasteiger partial charge in [-0.2, -0.15) is 13.5 Å². The second-order valence-electron chi connectivity index (χ2n) is 4.87. The second kappa shape index (κ2) is 6.13. The number of carbonyl (C=O) groups is 1. The molecule has 0 bridgehead atoms. The lowest BCUT2D eigenvalue weighted by Gasteiger charge is -2.17. The van der Waals surface area contributed by atoms with E-state index in [1.54, 1.807) is 12.1 Å². The van der Waals surface area contributed by atoms with Crippen LogP contribution in [0.5, 0.6) is 0 Å². The van der Waals surface area contributed by atoms with E-state index < -0.39 is 16.1 Å². The Labute approximate surface area is 123 Å². The summed E-state index contributed by atoms with van der Waals surface area (Å²) < 4.78 is 24.0. The Bertz CT molecular complexity index is 640. The Morgan fingerprint density at radius 2 is 2.10 bits per heavy atom. The molecule has 0 saturated carbocycles. The molecule has 114 valence electrons. The van der Waals surface area contributed by atoms with Gasteiger partial charge in [-0.1, -0.05) is 17.7 Å². The van der Waals surface area contributed by atoms with Crippen molar-refractivity contribution >= 4 is 22.3 Å². The Kier molecular flexibility index (Phi) is 4.46. The van der Waals surface area contributed by atoms with Crippen LogP contribution < -0.4 is 4.83 Å². The molecule has 1 aliphatic rings. The van der Waals surface area contributed by atoms with Crippen LogP contribution in [-0.2, 0) is 10.0 Å². The molecule has 0 aliphatic carbocycles. The summed E-state index contributed by atoms with van der Waals surface area (Å²) in [5.74, 6) is 0. The van der Waals surface area contributed by atoms with Crippen molar-refractivity contribution in [3.8, 4) is 0 Å². The van der Waals surface area contributed by atoms with E-state index in [1.165, 1.54) is 23.2 Å². The standard InChI is InChI=1S/C13H17N3O4S/c1-10-4-6-12(7-5-10)21(19,20)15-14-9-11-3-2-8-16(11)13(17)18/h4-7,9,11,15H,2-3,8H2,1H3,(H,17,18)/b14-9+/t11-/m1/s1. The molecule has 8 heteroatoms. The van der Waals surface area contributed by atoms with Gasteiger partial charge in [-0.15, -0.1) is 0 Å². The molecule has 1 saturated heterocycles. The number of amides is 1. The largest absolute Gasteiger partial charge is 0.465 e. The third kappa shape index (κ3) is 3.72. The normalized spacial score (nSPS) is 19.1. The van der Waals surface area contributed by atoms with E-state index in [2.05, 4.69) is 9.93 Å². The molecule has 2 N–H and O–H groups in total. The van der Waals surface area contributed by atoms with Crippen molar-refractivity contribution in [1.82, 2.24) is 9.73 Å². The number of hydrogen-bond donors (Lipinski definition) is 2. The monoisotopic (exact) mass is 311 g/mol. The fourth-order valence-electron chi connectivity index (χ4n) is 2.14. The van der Waals surface area contributed by atoms with Crippen molar-refractivity contribution in [3.05, 3.63) is 29.8 Å². The first-order valence-corrected chi connectivity index (χ1v) is 8.00. The zero-order valence-corrected chi connectivity index (χ0v) is 12.4. The van der Waals surface area contributed by atoms with E-state index in [0.29, 0.717) is 13.0 Å². The SMILES string of the molecule is Cc1ccc(S(=O)(=O)N/N=C/[C@H]2CCCN2C(=O)O)cc1. The smallest absolute Gasteiger partial charge is 0.407 e.